The van der Waals surface area contributed by atoms with Crippen molar-refractivity contribution in [3.63, 3.8) is 0 Å². The van der Waals surface area contributed by atoms with Crippen LogP contribution in [0, 0.1) is 0 Å². The SMILES string of the molecule is [Cl][Pd][Cl].c1ccc(P(CCCCCP(c2ccccc2)c2ccccc2)c2ccccc2)cc1. The first kappa shape index (κ1) is 27.6. The minimum Gasteiger partial charge on any atom is -0.0622 e. The Kier molecular flexibility index (Phi) is 13.5. The van der Waals surface area contributed by atoms with Crippen LogP contribution in [0.15, 0.2) is 121 Å². The number of rotatable bonds is 10. The molecule has 0 saturated heterocycles. The first-order chi connectivity index (χ1) is 16.8. The summed E-state index contributed by atoms with van der Waals surface area (Å²) in [5.41, 5.74) is 0. The summed E-state index contributed by atoms with van der Waals surface area (Å²) in [6.07, 6.45) is 6.44. The van der Waals surface area contributed by atoms with Crippen molar-refractivity contribution in [3.8, 4) is 0 Å². The third-order valence-electron chi connectivity index (χ3n) is 5.53. The van der Waals surface area contributed by atoms with E-state index in [2.05, 4.69) is 121 Å². The first-order valence-electron chi connectivity index (χ1n) is 11.4. The van der Waals surface area contributed by atoms with Crippen molar-refractivity contribution in [2.45, 2.75) is 19.3 Å². The summed E-state index contributed by atoms with van der Waals surface area (Å²) >= 11 is -0.106. The molecule has 4 aromatic carbocycles. The predicted molar refractivity (Wildman–Crippen MR) is 153 cm³/mol. The Bertz CT molecular complexity index is 871. The fourth-order valence-corrected chi connectivity index (χ4v) is 8.80. The smallest absolute Gasteiger partial charge is 0.0195 e. The molecule has 0 heterocycles. The van der Waals surface area contributed by atoms with Crippen LogP contribution < -0.4 is 21.2 Å². The predicted octanol–water partition coefficient (Wildman–Crippen LogP) is 7.80. The maximum Gasteiger partial charge on any atom is -0.0195 e. The van der Waals surface area contributed by atoms with Gasteiger partial charge in [-0.25, -0.2) is 0 Å². The third-order valence-corrected chi connectivity index (χ3v) is 10.7. The van der Waals surface area contributed by atoms with Crippen molar-refractivity contribution in [1.29, 1.82) is 0 Å². The molecule has 4 aromatic rings. The Morgan fingerprint density at radius 3 is 0.882 bits per heavy atom. The van der Waals surface area contributed by atoms with Gasteiger partial charge in [0.1, 0.15) is 0 Å². The van der Waals surface area contributed by atoms with Gasteiger partial charge in [-0.3, -0.25) is 0 Å². The normalized spacial score (nSPS) is 10.8. The maximum absolute atomic E-state index is 4.81. The van der Waals surface area contributed by atoms with Gasteiger partial charge in [0.05, 0.1) is 0 Å². The molecule has 5 heteroatoms. The van der Waals surface area contributed by atoms with Crippen molar-refractivity contribution in [2.24, 2.45) is 0 Å². The monoisotopic (exact) mass is 616 g/mol. The minimum atomic E-state index is -0.265. The molecule has 0 aliphatic rings. The molecule has 0 radical (unpaired) electrons. The van der Waals surface area contributed by atoms with Crippen LogP contribution in [0.2, 0.25) is 0 Å². The van der Waals surface area contributed by atoms with Crippen molar-refractivity contribution in [2.75, 3.05) is 12.3 Å². The molecule has 0 aromatic heterocycles. The van der Waals surface area contributed by atoms with Crippen LogP contribution in [-0.2, 0) is 15.9 Å². The van der Waals surface area contributed by atoms with Crippen molar-refractivity contribution >= 4 is 56.1 Å². The number of hydrogen-bond donors (Lipinski definition) is 0. The average Bonchev–Trinajstić information content (AvgIpc) is 2.91. The molecule has 0 spiro atoms. The van der Waals surface area contributed by atoms with Gasteiger partial charge in [0.2, 0.25) is 0 Å². The summed E-state index contributed by atoms with van der Waals surface area (Å²) < 4.78 is 0. The van der Waals surface area contributed by atoms with Crippen LogP contribution in [0.3, 0.4) is 0 Å². The number of benzene rings is 4. The zero-order valence-electron chi connectivity index (χ0n) is 19.0. The zero-order chi connectivity index (χ0) is 23.8. The second-order valence-corrected chi connectivity index (χ2v) is 14.8. The quantitative estimate of drug-likeness (QED) is 0.0968. The molecular weight excluding hydrogens is 588 g/mol. The molecule has 0 aliphatic carbocycles. The van der Waals surface area contributed by atoms with Gasteiger partial charge in [0.25, 0.3) is 0 Å². The molecule has 0 unspecified atom stereocenters. The van der Waals surface area contributed by atoms with Crippen LogP contribution in [0.5, 0.6) is 0 Å². The second-order valence-electron chi connectivity index (χ2n) is 7.75. The Morgan fingerprint density at radius 2 is 0.647 bits per heavy atom. The summed E-state index contributed by atoms with van der Waals surface area (Å²) in [4.78, 5) is 0. The number of hydrogen-bond acceptors (Lipinski definition) is 0. The van der Waals surface area contributed by atoms with Crippen molar-refractivity contribution in [1.82, 2.24) is 0 Å². The fourth-order valence-electron chi connectivity index (χ4n) is 3.96. The Labute approximate surface area is 223 Å². The van der Waals surface area contributed by atoms with Gasteiger partial charge in [-0.05, 0) is 62.2 Å². The Balaban J connectivity index is 0.00000103. The Morgan fingerprint density at radius 1 is 0.412 bits per heavy atom. The number of halogens is 2. The number of unbranched alkanes of at least 4 members (excludes halogenated alkanes) is 2. The van der Waals surface area contributed by atoms with Crippen LogP contribution >= 0.6 is 34.9 Å². The molecular formula is C29H30Cl2P2Pd. The van der Waals surface area contributed by atoms with E-state index >= 15 is 0 Å². The van der Waals surface area contributed by atoms with E-state index < -0.39 is 0 Å². The van der Waals surface area contributed by atoms with E-state index in [9.17, 15) is 0 Å². The molecule has 4 rings (SSSR count). The zero-order valence-corrected chi connectivity index (χ0v) is 23.9. The standard InChI is InChI=1S/C29H30P2.2ClH.Pd/c1-6-16-26(17-7-1)30(27-18-8-2-9-19-27)24-14-5-15-25-31(28-20-10-3-11-21-28)29-22-12-4-13-23-29;;;/h1-4,6-13,16-23H,5,14-15,24-25H2;2*1H;/q;;;+2/p-2. The summed E-state index contributed by atoms with van der Waals surface area (Å²) in [5.74, 6) is 0. The molecule has 0 amide bonds. The van der Waals surface area contributed by atoms with Crippen LogP contribution in [-0.4, -0.2) is 12.3 Å². The van der Waals surface area contributed by atoms with Gasteiger partial charge in [-0.15, -0.1) is 0 Å². The van der Waals surface area contributed by atoms with Gasteiger partial charge in [-0.1, -0.05) is 128 Å². The van der Waals surface area contributed by atoms with Gasteiger partial charge >= 0.3 is 35.0 Å². The Hall–Kier alpha value is -1.02. The van der Waals surface area contributed by atoms with Gasteiger partial charge < -0.3 is 0 Å². The third kappa shape index (κ3) is 9.21. The fraction of sp³-hybridized carbons (Fsp3) is 0.172. The molecule has 180 valence electrons. The second kappa shape index (κ2) is 16.6. The summed E-state index contributed by atoms with van der Waals surface area (Å²) in [6.45, 7) is 0. The molecule has 0 atom stereocenters. The molecule has 34 heavy (non-hydrogen) atoms. The van der Waals surface area contributed by atoms with E-state index in [0.29, 0.717) is 0 Å². The molecule has 0 nitrogen and oxygen atoms in total. The topological polar surface area (TPSA) is 0 Å². The van der Waals surface area contributed by atoms with E-state index in [0.717, 1.165) is 0 Å². The van der Waals surface area contributed by atoms with E-state index in [-0.39, 0.29) is 31.8 Å². The van der Waals surface area contributed by atoms with E-state index in [4.69, 9.17) is 19.1 Å². The molecule has 0 bridgehead atoms. The summed E-state index contributed by atoms with van der Waals surface area (Å²) in [7, 11) is 9.10. The first-order valence-corrected chi connectivity index (χ1v) is 18.5. The van der Waals surface area contributed by atoms with Crippen molar-refractivity contribution < 1.29 is 15.9 Å². The minimum absolute atomic E-state index is 0.106. The van der Waals surface area contributed by atoms with Gasteiger partial charge in [0, 0.05) is 0 Å². The van der Waals surface area contributed by atoms with Gasteiger partial charge in [-0.2, -0.15) is 0 Å². The van der Waals surface area contributed by atoms with Crippen LogP contribution in [0.4, 0.5) is 0 Å². The maximum atomic E-state index is 4.81. The van der Waals surface area contributed by atoms with E-state index in [1.807, 2.05) is 0 Å². The van der Waals surface area contributed by atoms with Crippen molar-refractivity contribution in [3.05, 3.63) is 121 Å². The molecule has 0 fully saturated rings. The van der Waals surface area contributed by atoms with Gasteiger partial charge in [0.15, 0.2) is 0 Å². The van der Waals surface area contributed by atoms with Crippen LogP contribution in [0.25, 0.3) is 0 Å². The largest absolute Gasteiger partial charge is 0.0622 e. The molecule has 0 N–H and O–H groups in total. The molecule has 0 saturated carbocycles. The van der Waals surface area contributed by atoms with Crippen LogP contribution in [0.1, 0.15) is 19.3 Å². The summed E-state index contributed by atoms with van der Waals surface area (Å²) in [6, 6.07) is 44.4. The molecule has 0 aliphatic heterocycles. The van der Waals surface area contributed by atoms with E-state index in [1.54, 1.807) is 0 Å². The summed E-state index contributed by atoms with van der Waals surface area (Å²) in [5, 5.41) is 6.00. The average molecular weight is 618 g/mol. The van der Waals surface area contributed by atoms with E-state index in [1.165, 1.54) is 52.8 Å².